The van der Waals surface area contributed by atoms with Crippen LogP contribution in [0.2, 0.25) is 0 Å². The zero-order chi connectivity index (χ0) is 21.4. The van der Waals surface area contributed by atoms with Gasteiger partial charge in [0.2, 0.25) is 0 Å². The maximum Gasteiger partial charge on any atom is 0.573 e. The van der Waals surface area contributed by atoms with Gasteiger partial charge in [0, 0.05) is 17.3 Å². The highest BCUT2D eigenvalue weighted by atomic mass is 19.4. The number of halogens is 3. The zero-order valence-corrected chi connectivity index (χ0v) is 15.5. The van der Waals surface area contributed by atoms with Gasteiger partial charge in [-0.05, 0) is 43.3 Å². The van der Waals surface area contributed by atoms with Crippen molar-refractivity contribution >= 4 is 23.6 Å². The number of carbonyl (C=O) groups excluding carboxylic acids is 2. The second-order valence-electron chi connectivity index (χ2n) is 5.72. The van der Waals surface area contributed by atoms with Gasteiger partial charge in [0.1, 0.15) is 11.5 Å². The summed E-state index contributed by atoms with van der Waals surface area (Å²) in [6.07, 6.45) is -3.28. The summed E-state index contributed by atoms with van der Waals surface area (Å²) in [5, 5.41) is 2.43. The number of hydrogen-bond donors (Lipinski definition) is 1. The first-order chi connectivity index (χ1) is 13.7. The molecular weight excluding hydrogens is 391 g/mol. The van der Waals surface area contributed by atoms with Crippen LogP contribution < -0.4 is 14.8 Å². The minimum absolute atomic E-state index is 0.219. The number of anilines is 1. The molecule has 1 N–H and O–H groups in total. The Kier molecular flexibility index (Phi) is 7.24. The van der Waals surface area contributed by atoms with E-state index in [-0.39, 0.29) is 5.69 Å². The minimum atomic E-state index is -4.80. The average molecular weight is 409 g/mol. The number of alkyl halides is 3. The van der Waals surface area contributed by atoms with Crippen molar-refractivity contribution in [3.63, 3.8) is 0 Å². The van der Waals surface area contributed by atoms with Crippen molar-refractivity contribution in [3.05, 3.63) is 60.2 Å². The van der Waals surface area contributed by atoms with Crippen LogP contribution >= 0.6 is 0 Å². The molecule has 154 valence electrons. The van der Waals surface area contributed by atoms with Crippen molar-refractivity contribution in [1.82, 2.24) is 0 Å². The summed E-state index contributed by atoms with van der Waals surface area (Å²) in [5.74, 6) is -1.24. The van der Waals surface area contributed by atoms with Gasteiger partial charge in [-0.2, -0.15) is 0 Å². The normalized spacial score (nSPS) is 12.3. The molecule has 6 nitrogen and oxygen atoms in total. The average Bonchev–Trinajstić information content (AvgIpc) is 2.66. The SMILES string of the molecule is COc1ccccc1/C=C/C(=O)OC(C)C(=O)Nc1ccc(OC(F)(F)F)cc1. The number of amides is 1. The largest absolute Gasteiger partial charge is 0.573 e. The molecule has 0 aliphatic carbocycles. The summed E-state index contributed by atoms with van der Waals surface area (Å²) < 4.78 is 50.3. The van der Waals surface area contributed by atoms with Gasteiger partial charge < -0.3 is 19.5 Å². The van der Waals surface area contributed by atoms with Crippen LogP contribution in [0.4, 0.5) is 18.9 Å². The fourth-order valence-electron chi connectivity index (χ4n) is 2.21. The molecule has 1 unspecified atom stereocenters. The third-order valence-electron chi connectivity index (χ3n) is 3.56. The van der Waals surface area contributed by atoms with E-state index in [1.165, 1.54) is 32.2 Å². The first-order valence-corrected chi connectivity index (χ1v) is 8.36. The van der Waals surface area contributed by atoms with Gasteiger partial charge in [0.05, 0.1) is 7.11 Å². The highest BCUT2D eigenvalue weighted by molar-refractivity contribution is 5.96. The van der Waals surface area contributed by atoms with E-state index >= 15 is 0 Å². The van der Waals surface area contributed by atoms with Gasteiger partial charge in [0.25, 0.3) is 5.91 Å². The quantitative estimate of drug-likeness (QED) is 0.549. The van der Waals surface area contributed by atoms with Crippen LogP contribution in [-0.4, -0.2) is 31.5 Å². The molecule has 2 aromatic carbocycles. The predicted molar refractivity (Wildman–Crippen MR) is 99.3 cm³/mol. The fourth-order valence-corrected chi connectivity index (χ4v) is 2.21. The number of rotatable bonds is 7. The molecule has 0 aromatic heterocycles. The molecule has 0 radical (unpaired) electrons. The smallest absolute Gasteiger partial charge is 0.496 e. The molecule has 2 rings (SSSR count). The molecule has 0 spiro atoms. The molecule has 0 saturated heterocycles. The van der Waals surface area contributed by atoms with Gasteiger partial charge in [-0.1, -0.05) is 18.2 Å². The van der Waals surface area contributed by atoms with Gasteiger partial charge in [-0.3, -0.25) is 4.79 Å². The van der Waals surface area contributed by atoms with Crippen molar-refractivity contribution in [1.29, 1.82) is 0 Å². The van der Waals surface area contributed by atoms with Crippen LogP contribution in [0.5, 0.6) is 11.5 Å². The maximum atomic E-state index is 12.1. The first-order valence-electron chi connectivity index (χ1n) is 8.36. The van der Waals surface area contributed by atoms with Crippen LogP contribution in [0, 0.1) is 0 Å². The van der Waals surface area contributed by atoms with Crippen LogP contribution in [0.1, 0.15) is 12.5 Å². The standard InChI is InChI=1S/C20H18F3NO5/c1-13(28-18(25)12-7-14-5-3-4-6-17(14)27-2)19(26)24-15-8-10-16(11-9-15)29-20(21,22)23/h3-13H,1-2H3,(H,24,26)/b12-7+. The molecule has 2 aromatic rings. The number of para-hydroxylation sites is 1. The fraction of sp³-hybridized carbons (Fsp3) is 0.200. The number of hydrogen-bond acceptors (Lipinski definition) is 5. The Morgan fingerprint density at radius 2 is 1.72 bits per heavy atom. The van der Waals surface area contributed by atoms with E-state index in [4.69, 9.17) is 9.47 Å². The number of esters is 1. The number of ether oxygens (including phenoxy) is 3. The van der Waals surface area contributed by atoms with E-state index in [2.05, 4.69) is 10.1 Å². The number of benzene rings is 2. The lowest BCUT2D eigenvalue weighted by atomic mass is 10.2. The van der Waals surface area contributed by atoms with E-state index < -0.39 is 30.1 Å². The topological polar surface area (TPSA) is 73.9 Å². The van der Waals surface area contributed by atoms with E-state index in [1.807, 2.05) is 0 Å². The molecule has 0 heterocycles. The van der Waals surface area contributed by atoms with Gasteiger partial charge in [-0.25, -0.2) is 4.79 Å². The van der Waals surface area contributed by atoms with Crippen LogP contribution in [0.3, 0.4) is 0 Å². The van der Waals surface area contributed by atoms with E-state index in [9.17, 15) is 22.8 Å². The van der Waals surface area contributed by atoms with Crippen LogP contribution in [0.15, 0.2) is 54.6 Å². The molecule has 0 aliphatic rings. The van der Waals surface area contributed by atoms with E-state index in [1.54, 1.807) is 24.3 Å². The highest BCUT2D eigenvalue weighted by Crippen LogP contribution is 2.24. The Morgan fingerprint density at radius 1 is 1.07 bits per heavy atom. The van der Waals surface area contributed by atoms with Crippen molar-refractivity contribution in [3.8, 4) is 11.5 Å². The third-order valence-corrected chi connectivity index (χ3v) is 3.56. The Morgan fingerprint density at radius 3 is 2.34 bits per heavy atom. The van der Waals surface area contributed by atoms with Gasteiger partial charge in [0.15, 0.2) is 6.10 Å². The van der Waals surface area contributed by atoms with Crippen molar-refractivity contribution in [2.75, 3.05) is 12.4 Å². The summed E-state index contributed by atoms with van der Waals surface area (Å²) in [6, 6.07) is 11.6. The summed E-state index contributed by atoms with van der Waals surface area (Å²) in [7, 11) is 1.50. The van der Waals surface area contributed by atoms with Gasteiger partial charge in [-0.15, -0.1) is 13.2 Å². The molecule has 1 amide bonds. The van der Waals surface area contributed by atoms with Crippen LogP contribution in [-0.2, 0) is 14.3 Å². The molecular formula is C20H18F3NO5. The lowest BCUT2D eigenvalue weighted by Crippen LogP contribution is -2.29. The molecule has 9 heteroatoms. The molecule has 0 aliphatic heterocycles. The Bertz CT molecular complexity index is 878. The number of methoxy groups -OCH3 is 1. The summed E-state index contributed by atoms with van der Waals surface area (Å²) >= 11 is 0. The van der Waals surface area contributed by atoms with Crippen molar-refractivity contribution < 1.29 is 37.0 Å². The second kappa shape index (κ2) is 9.63. The first kappa shape index (κ1) is 21.8. The number of carbonyl (C=O) groups is 2. The lowest BCUT2D eigenvalue weighted by Gasteiger charge is -2.13. The molecule has 29 heavy (non-hydrogen) atoms. The summed E-state index contributed by atoms with van der Waals surface area (Å²) in [6.45, 7) is 1.37. The van der Waals surface area contributed by atoms with Gasteiger partial charge >= 0.3 is 12.3 Å². The molecule has 0 bridgehead atoms. The Labute approximate surface area is 164 Å². The van der Waals surface area contributed by atoms with E-state index in [0.29, 0.717) is 11.3 Å². The van der Waals surface area contributed by atoms with Crippen LogP contribution in [0.25, 0.3) is 6.08 Å². The lowest BCUT2D eigenvalue weighted by molar-refractivity contribution is -0.274. The monoisotopic (exact) mass is 409 g/mol. The molecule has 0 fully saturated rings. The third kappa shape index (κ3) is 7.21. The molecule has 1 atom stereocenters. The predicted octanol–water partition coefficient (Wildman–Crippen LogP) is 4.18. The Balaban J connectivity index is 1.89. The van der Waals surface area contributed by atoms with Crippen molar-refractivity contribution in [2.45, 2.75) is 19.4 Å². The van der Waals surface area contributed by atoms with Crippen molar-refractivity contribution in [2.24, 2.45) is 0 Å². The molecule has 0 saturated carbocycles. The highest BCUT2D eigenvalue weighted by Gasteiger charge is 2.31. The zero-order valence-electron chi connectivity index (χ0n) is 15.5. The van der Waals surface area contributed by atoms with E-state index in [0.717, 1.165) is 18.2 Å². The summed E-state index contributed by atoms with van der Waals surface area (Å²) in [4.78, 5) is 24.0. The maximum absolute atomic E-state index is 12.1. The minimum Gasteiger partial charge on any atom is -0.496 e. The Hall–Kier alpha value is -3.49. The second-order valence-corrected chi connectivity index (χ2v) is 5.72. The summed E-state index contributed by atoms with van der Waals surface area (Å²) in [5.41, 5.74) is 0.877. The number of nitrogens with one attached hydrogen (secondary N) is 1.